The minimum absolute atomic E-state index is 0.110. The number of piperidine rings is 1. The molecule has 1 aromatic heterocycles. The minimum atomic E-state index is -0.110. The molecule has 3 rings (SSSR count). The number of aromatic nitrogens is 3. The van der Waals surface area contributed by atoms with Crippen LogP contribution in [-0.4, -0.2) is 65.6 Å². The lowest BCUT2D eigenvalue weighted by Gasteiger charge is -2.28. The monoisotopic (exact) mass is 292 g/mol. The Bertz CT molecular complexity index is 476. The first kappa shape index (κ1) is 14.5. The first-order chi connectivity index (χ1) is 10.2. The highest BCUT2D eigenvalue weighted by Gasteiger charge is 2.22. The van der Waals surface area contributed by atoms with Gasteiger partial charge in [0, 0.05) is 19.6 Å². The molecule has 2 N–H and O–H groups in total. The van der Waals surface area contributed by atoms with Crippen molar-refractivity contribution in [3.05, 3.63) is 11.9 Å². The van der Waals surface area contributed by atoms with Crippen LogP contribution >= 0.6 is 0 Å². The summed E-state index contributed by atoms with van der Waals surface area (Å²) in [7, 11) is 2.17. The molecular weight excluding hydrogens is 268 g/mol. The van der Waals surface area contributed by atoms with Crippen LogP contribution in [0.15, 0.2) is 6.20 Å². The molecule has 0 aromatic carbocycles. The van der Waals surface area contributed by atoms with Crippen LogP contribution in [0, 0.1) is 5.92 Å². The van der Waals surface area contributed by atoms with Gasteiger partial charge in [-0.15, -0.1) is 5.10 Å². The molecule has 2 aliphatic heterocycles. The molecule has 7 heteroatoms. The molecule has 0 aliphatic carbocycles. The molecule has 0 radical (unpaired) electrons. The summed E-state index contributed by atoms with van der Waals surface area (Å²) in [6, 6.07) is 0.346. The van der Waals surface area contributed by atoms with E-state index >= 15 is 0 Å². The Balaban J connectivity index is 1.40. The predicted molar refractivity (Wildman–Crippen MR) is 79.1 cm³/mol. The summed E-state index contributed by atoms with van der Waals surface area (Å²) in [6.07, 6.45) is 5.27. The average molecular weight is 292 g/mol. The highest BCUT2D eigenvalue weighted by atomic mass is 16.2. The zero-order chi connectivity index (χ0) is 14.7. The van der Waals surface area contributed by atoms with Crippen molar-refractivity contribution in [2.75, 3.05) is 39.8 Å². The van der Waals surface area contributed by atoms with Crippen LogP contribution in [-0.2, 0) is 0 Å². The Morgan fingerprint density at radius 1 is 1.43 bits per heavy atom. The fourth-order valence-corrected chi connectivity index (χ4v) is 2.85. The highest BCUT2D eigenvalue weighted by Crippen LogP contribution is 2.18. The van der Waals surface area contributed by atoms with Crippen LogP contribution in [0.5, 0.6) is 0 Å². The van der Waals surface area contributed by atoms with Gasteiger partial charge in [0.2, 0.25) is 0 Å². The van der Waals surface area contributed by atoms with E-state index in [0.29, 0.717) is 11.7 Å². The molecule has 21 heavy (non-hydrogen) atoms. The Morgan fingerprint density at radius 2 is 2.19 bits per heavy atom. The molecular formula is C14H24N6O. The van der Waals surface area contributed by atoms with E-state index in [4.69, 9.17) is 0 Å². The number of hydrogen-bond acceptors (Lipinski definition) is 5. The summed E-state index contributed by atoms with van der Waals surface area (Å²) >= 11 is 0. The van der Waals surface area contributed by atoms with Crippen LogP contribution in [0.2, 0.25) is 0 Å². The normalized spacial score (nSPS) is 21.2. The number of likely N-dealkylation sites (tertiary alicyclic amines) is 1. The molecule has 2 fully saturated rings. The number of amides is 1. The van der Waals surface area contributed by atoms with Crippen molar-refractivity contribution in [1.82, 2.24) is 30.5 Å². The molecule has 1 amide bonds. The quantitative estimate of drug-likeness (QED) is 0.792. The molecule has 0 bridgehead atoms. The van der Waals surface area contributed by atoms with Gasteiger partial charge in [-0.2, -0.15) is 0 Å². The van der Waals surface area contributed by atoms with Gasteiger partial charge in [-0.05, 0) is 45.3 Å². The van der Waals surface area contributed by atoms with E-state index in [0.717, 1.165) is 32.0 Å². The Morgan fingerprint density at radius 3 is 2.86 bits per heavy atom. The van der Waals surface area contributed by atoms with Crippen LogP contribution in [0.3, 0.4) is 0 Å². The molecule has 2 aliphatic rings. The molecule has 116 valence electrons. The highest BCUT2D eigenvalue weighted by molar-refractivity contribution is 5.91. The minimum Gasteiger partial charge on any atom is -0.351 e. The van der Waals surface area contributed by atoms with Gasteiger partial charge in [0.05, 0.1) is 12.2 Å². The van der Waals surface area contributed by atoms with Gasteiger partial charge in [0.15, 0.2) is 5.69 Å². The van der Waals surface area contributed by atoms with Crippen molar-refractivity contribution >= 4 is 5.91 Å². The van der Waals surface area contributed by atoms with Crippen molar-refractivity contribution in [1.29, 1.82) is 0 Å². The molecule has 0 saturated carbocycles. The maximum Gasteiger partial charge on any atom is 0.273 e. The summed E-state index contributed by atoms with van der Waals surface area (Å²) in [5, 5.41) is 14.1. The van der Waals surface area contributed by atoms with Gasteiger partial charge in [0.25, 0.3) is 5.91 Å². The first-order valence-corrected chi connectivity index (χ1v) is 7.81. The van der Waals surface area contributed by atoms with Crippen LogP contribution in [0.25, 0.3) is 0 Å². The molecule has 3 heterocycles. The van der Waals surface area contributed by atoms with E-state index in [-0.39, 0.29) is 5.91 Å². The van der Waals surface area contributed by atoms with Crippen LogP contribution in [0.4, 0.5) is 0 Å². The smallest absolute Gasteiger partial charge is 0.273 e. The van der Waals surface area contributed by atoms with E-state index in [1.807, 2.05) is 0 Å². The lowest BCUT2D eigenvalue weighted by atomic mass is 9.94. The van der Waals surface area contributed by atoms with Gasteiger partial charge in [-0.25, -0.2) is 4.68 Å². The van der Waals surface area contributed by atoms with Gasteiger partial charge in [-0.3, -0.25) is 4.79 Å². The lowest BCUT2D eigenvalue weighted by molar-refractivity contribution is 0.0944. The molecule has 1 aromatic rings. The third kappa shape index (κ3) is 3.59. The van der Waals surface area contributed by atoms with Gasteiger partial charge in [0.1, 0.15) is 0 Å². The van der Waals surface area contributed by atoms with Crippen molar-refractivity contribution in [3.63, 3.8) is 0 Å². The van der Waals surface area contributed by atoms with E-state index in [1.165, 1.54) is 25.9 Å². The number of hydrogen-bond donors (Lipinski definition) is 2. The van der Waals surface area contributed by atoms with E-state index in [9.17, 15) is 4.79 Å². The number of rotatable bonds is 5. The van der Waals surface area contributed by atoms with Crippen LogP contribution < -0.4 is 10.6 Å². The van der Waals surface area contributed by atoms with Gasteiger partial charge in [-0.1, -0.05) is 5.21 Å². The molecule has 0 atom stereocenters. The Kier molecular flexibility index (Phi) is 4.50. The molecule has 7 nitrogen and oxygen atoms in total. The van der Waals surface area contributed by atoms with Crippen molar-refractivity contribution in [2.24, 2.45) is 5.92 Å². The number of carbonyl (C=O) groups excluding carboxylic acids is 1. The number of nitrogens with zero attached hydrogens (tertiary/aromatic N) is 4. The van der Waals surface area contributed by atoms with Crippen molar-refractivity contribution < 1.29 is 4.79 Å². The third-order valence-corrected chi connectivity index (χ3v) is 4.55. The maximum absolute atomic E-state index is 12.0. The summed E-state index contributed by atoms with van der Waals surface area (Å²) in [6.45, 7) is 4.87. The standard InChI is InChI=1S/C14H24N6O/c1-19-6-3-11(4-7-19)2-5-16-14(21)13-10-20(18-17-13)12-8-15-9-12/h10-12,15H,2-9H2,1H3,(H,16,21). The topological polar surface area (TPSA) is 75.1 Å². The zero-order valence-electron chi connectivity index (χ0n) is 12.6. The van der Waals surface area contributed by atoms with E-state index < -0.39 is 0 Å². The molecule has 2 saturated heterocycles. The fraction of sp³-hybridized carbons (Fsp3) is 0.786. The second kappa shape index (κ2) is 6.53. The van der Waals surface area contributed by atoms with Crippen molar-refractivity contribution in [3.8, 4) is 0 Å². The number of carbonyl (C=O) groups is 1. The second-order valence-corrected chi connectivity index (χ2v) is 6.19. The Labute approximate surface area is 125 Å². The summed E-state index contributed by atoms with van der Waals surface area (Å²) in [5.41, 5.74) is 0.422. The summed E-state index contributed by atoms with van der Waals surface area (Å²) in [5.74, 6) is 0.625. The third-order valence-electron chi connectivity index (χ3n) is 4.55. The fourth-order valence-electron chi connectivity index (χ4n) is 2.85. The zero-order valence-corrected chi connectivity index (χ0v) is 12.6. The van der Waals surface area contributed by atoms with Crippen molar-refractivity contribution in [2.45, 2.75) is 25.3 Å². The van der Waals surface area contributed by atoms with Gasteiger partial charge >= 0.3 is 0 Å². The number of nitrogens with one attached hydrogen (secondary N) is 2. The van der Waals surface area contributed by atoms with Crippen LogP contribution in [0.1, 0.15) is 35.8 Å². The average Bonchev–Trinajstić information content (AvgIpc) is 2.88. The largest absolute Gasteiger partial charge is 0.351 e. The van der Waals surface area contributed by atoms with Gasteiger partial charge < -0.3 is 15.5 Å². The lowest BCUT2D eigenvalue weighted by Crippen LogP contribution is -2.43. The Hall–Kier alpha value is -1.47. The SMILES string of the molecule is CN1CCC(CCNC(=O)c2cn(C3CNC3)nn2)CC1. The van der Waals surface area contributed by atoms with E-state index in [1.54, 1.807) is 10.9 Å². The second-order valence-electron chi connectivity index (χ2n) is 6.19. The molecule has 0 unspecified atom stereocenters. The summed E-state index contributed by atoms with van der Waals surface area (Å²) < 4.78 is 1.78. The van der Waals surface area contributed by atoms with E-state index in [2.05, 4.69) is 32.9 Å². The predicted octanol–water partition coefficient (Wildman–Crippen LogP) is -0.116. The molecule has 0 spiro atoms. The summed E-state index contributed by atoms with van der Waals surface area (Å²) in [4.78, 5) is 14.4. The maximum atomic E-state index is 12.0. The first-order valence-electron chi connectivity index (χ1n) is 7.81.